The molecule has 118 valence electrons. The molecule has 0 bridgehead atoms. The van der Waals surface area contributed by atoms with Gasteiger partial charge >= 0.3 is 0 Å². The molecule has 0 radical (unpaired) electrons. The molecule has 23 heavy (non-hydrogen) atoms. The number of hydrogen-bond donors (Lipinski definition) is 1. The summed E-state index contributed by atoms with van der Waals surface area (Å²) in [7, 11) is 3.29. The fourth-order valence-corrected chi connectivity index (χ4v) is 3.17. The molecule has 3 aromatic rings. The van der Waals surface area contributed by atoms with E-state index in [1.165, 1.54) is 5.56 Å². The van der Waals surface area contributed by atoms with Crippen LogP contribution in [0.5, 0.6) is 11.5 Å². The van der Waals surface area contributed by atoms with E-state index < -0.39 is 0 Å². The Kier molecular flexibility index (Phi) is 4.78. The summed E-state index contributed by atoms with van der Waals surface area (Å²) in [6.45, 7) is 0.627. The second kappa shape index (κ2) is 7.15. The van der Waals surface area contributed by atoms with Crippen molar-refractivity contribution in [2.45, 2.75) is 6.54 Å². The quantitative estimate of drug-likeness (QED) is 0.727. The molecule has 0 saturated carbocycles. The van der Waals surface area contributed by atoms with Crippen LogP contribution >= 0.6 is 11.3 Å². The topological polar surface area (TPSA) is 43.4 Å². The first-order valence-electron chi connectivity index (χ1n) is 7.27. The molecule has 1 aromatic heterocycles. The van der Waals surface area contributed by atoms with E-state index >= 15 is 0 Å². The molecule has 0 atom stereocenters. The summed E-state index contributed by atoms with van der Waals surface area (Å²) < 4.78 is 10.8. The minimum absolute atomic E-state index is 0.627. The Labute approximate surface area is 139 Å². The van der Waals surface area contributed by atoms with E-state index in [-0.39, 0.29) is 0 Å². The van der Waals surface area contributed by atoms with Crippen molar-refractivity contribution < 1.29 is 9.47 Å². The standard InChI is InChI=1S/C18H18N2O2S/c1-21-15-10-6-9-14(17(15)22-2)11-19-18-20-12-16(23-18)13-7-4-3-5-8-13/h3-10,12H,11H2,1-2H3,(H,19,20). The van der Waals surface area contributed by atoms with Gasteiger partial charge in [0.2, 0.25) is 0 Å². The molecule has 2 aromatic carbocycles. The maximum absolute atomic E-state index is 5.45. The van der Waals surface area contributed by atoms with Gasteiger partial charge in [0, 0.05) is 18.3 Å². The molecule has 0 unspecified atom stereocenters. The van der Waals surface area contributed by atoms with Gasteiger partial charge in [0.1, 0.15) is 0 Å². The van der Waals surface area contributed by atoms with Crippen LogP contribution in [0, 0.1) is 0 Å². The summed E-state index contributed by atoms with van der Waals surface area (Å²) >= 11 is 1.63. The molecule has 3 rings (SSSR count). The molecule has 0 aliphatic rings. The lowest BCUT2D eigenvalue weighted by atomic mass is 10.2. The van der Waals surface area contributed by atoms with Crippen LogP contribution in [-0.4, -0.2) is 19.2 Å². The molecule has 0 saturated heterocycles. The predicted molar refractivity (Wildman–Crippen MR) is 94.4 cm³/mol. The van der Waals surface area contributed by atoms with Gasteiger partial charge in [-0.1, -0.05) is 53.8 Å². The van der Waals surface area contributed by atoms with Crippen molar-refractivity contribution >= 4 is 16.5 Å². The van der Waals surface area contributed by atoms with Crippen LogP contribution in [0.1, 0.15) is 5.56 Å². The van der Waals surface area contributed by atoms with Gasteiger partial charge in [-0.3, -0.25) is 0 Å². The van der Waals surface area contributed by atoms with Crippen LogP contribution < -0.4 is 14.8 Å². The van der Waals surface area contributed by atoms with Crippen molar-refractivity contribution in [3.05, 3.63) is 60.3 Å². The maximum Gasteiger partial charge on any atom is 0.183 e. The minimum atomic E-state index is 0.627. The molecule has 1 heterocycles. The third kappa shape index (κ3) is 3.46. The number of thiazole rings is 1. The highest BCUT2D eigenvalue weighted by atomic mass is 32.1. The summed E-state index contributed by atoms with van der Waals surface area (Å²) in [6, 6.07) is 16.1. The first-order valence-corrected chi connectivity index (χ1v) is 8.08. The second-order valence-electron chi connectivity index (χ2n) is 4.90. The monoisotopic (exact) mass is 326 g/mol. The summed E-state index contributed by atoms with van der Waals surface area (Å²) in [5.74, 6) is 1.48. The SMILES string of the molecule is COc1cccc(CNc2ncc(-c3ccccc3)s2)c1OC. The van der Waals surface area contributed by atoms with Crippen LogP contribution in [0.4, 0.5) is 5.13 Å². The molecule has 0 aliphatic heterocycles. The number of anilines is 1. The normalized spacial score (nSPS) is 10.3. The molecule has 0 spiro atoms. The lowest BCUT2D eigenvalue weighted by molar-refractivity contribution is 0.352. The van der Waals surface area contributed by atoms with E-state index in [4.69, 9.17) is 9.47 Å². The third-order valence-electron chi connectivity index (χ3n) is 3.48. The summed E-state index contributed by atoms with van der Waals surface area (Å²) in [5, 5.41) is 4.23. The van der Waals surface area contributed by atoms with E-state index in [1.807, 2.05) is 42.6 Å². The fraction of sp³-hybridized carbons (Fsp3) is 0.167. The Balaban J connectivity index is 1.73. The molecule has 0 aliphatic carbocycles. The Hall–Kier alpha value is -2.53. The van der Waals surface area contributed by atoms with E-state index in [0.717, 1.165) is 27.1 Å². The Morgan fingerprint density at radius 2 is 1.83 bits per heavy atom. The van der Waals surface area contributed by atoms with Crippen molar-refractivity contribution in [3.8, 4) is 21.9 Å². The van der Waals surface area contributed by atoms with Crippen LogP contribution in [0.15, 0.2) is 54.7 Å². The van der Waals surface area contributed by atoms with E-state index in [0.29, 0.717) is 6.54 Å². The number of benzene rings is 2. The van der Waals surface area contributed by atoms with E-state index in [1.54, 1.807) is 25.6 Å². The van der Waals surface area contributed by atoms with Crippen LogP contribution in [0.25, 0.3) is 10.4 Å². The first kappa shape index (κ1) is 15.4. The number of aromatic nitrogens is 1. The Morgan fingerprint density at radius 3 is 2.57 bits per heavy atom. The number of para-hydroxylation sites is 1. The highest BCUT2D eigenvalue weighted by Gasteiger charge is 2.10. The number of rotatable bonds is 6. The molecule has 0 fully saturated rings. The van der Waals surface area contributed by atoms with Gasteiger partial charge in [0.15, 0.2) is 16.6 Å². The molecular weight excluding hydrogens is 308 g/mol. The van der Waals surface area contributed by atoms with E-state index in [9.17, 15) is 0 Å². The summed E-state index contributed by atoms with van der Waals surface area (Å²) in [6.07, 6.45) is 1.89. The summed E-state index contributed by atoms with van der Waals surface area (Å²) in [5.41, 5.74) is 2.21. The first-order chi connectivity index (χ1) is 11.3. The van der Waals surface area contributed by atoms with Crippen LogP contribution in [0.3, 0.4) is 0 Å². The molecule has 0 amide bonds. The predicted octanol–water partition coefficient (Wildman–Crippen LogP) is 4.44. The van der Waals surface area contributed by atoms with Gasteiger partial charge in [-0.15, -0.1) is 0 Å². The van der Waals surface area contributed by atoms with E-state index in [2.05, 4.69) is 22.4 Å². The van der Waals surface area contributed by atoms with Crippen LogP contribution in [0.2, 0.25) is 0 Å². The van der Waals surface area contributed by atoms with Crippen molar-refractivity contribution in [2.75, 3.05) is 19.5 Å². The van der Waals surface area contributed by atoms with Gasteiger partial charge in [0.05, 0.1) is 19.1 Å². The highest BCUT2D eigenvalue weighted by Crippen LogP contribution is 2.32. The average Bonchev–Trinajstić information content (AvgIpc) is 3.09. The molecule has 4 nitrogen and oxygen atoms in total. The minimum Gasteiger partial charge on any atom is -0.493 e. The highest BCUT2D eigenvalue weighted by molar-refractivity contribution is 7.18. The number of nitrogens with one attached hydrogen (secondary N) is 1. The smallest absolute Gasteiger partial charge is 0.183 e. The largest absolute Gasteiger partial charge is 0.493 e. The number of ether oxygens (including phenoxy) is 2. The van der Waals surface area contributed by atoms with Gasteiger partial charge < -0.3 is 14.8 Å². The van der Waals surface area contributed by atoms with Crippen molar-refractivity contribution in [1.29, 1.82) is 0 Å². The Bertz CT molecular complexity index is 772. The number of methoxy groups -OCH3 is 2. The maximum atomic E-state index is 5.45. The van der Waals surface area contributed by atoms with Gasteiger partial charge in [-0.05, 0) is 11.6 Å². The lowest BCUT2D eigenvalue weighted by Gasteiger charge is -2.12. The zero-order chi connectivity index (χ0) is 16.1. The summed E-state index contributed by atoms with van der Waals surface area (Å²) in [4.78, 5) is 5.59. The number of nitrogens with zero attached hydrogens (tertiary/aromatic N) is 1. The van der Waals surface area contributed by atoms with Gasteiger partial charge in [0.25, 0.3) is 0 Å². The molecule has 1 N–H and O–H groups in total. The van der Waals surface area contributed by atoms with Gasteiger partial charge in [-0.25, -0.2) is 4.98 Å². The van der Waals surface area contributed by atoms with Crippen LogP contribution in [-0.2, 0) is 6.54 Å². The lowest BCUT2D eigenvalue weighted by Crippen LogP contribution is -2.02. The second-order valence-corrected chi connectivity index (χ2v) is 5.93. The van der Waals surface area contributed by atoms with Crippen molar-refractivity contribution in [1.82, 2.24) is 4.98 Å². The van der Waals surface area contributed by atoms with Gasteiger partial charge in [-0.2, -0.15) is 0 Å². The zero-order valence-corrected chi connectivity index (χ0v) is 13.9. The zero-order valence-electron chi connectivity index (χ0n) is 13.1. The van der Waals surface area contributed by atoms with Crippen molar-refractivity contribution in [2.24, 2.45) is 0 Å². The molecule has 5 heteroatoms. The molecular formula is C18H18N2O2S. The van der Waals surface area contributed by atoms with Crippen molar-refractivity contribution in [3.63, 3.8) is 0 Å². The third-order valence-corrected chi connectivity index (χ3v) is 4.48. The number of hydrogen-bond acceptors (Lipinski definition) is 5. The Morgan fingerprint density at radius 1 is 1.00 bits per heavy atom. The average molecular weight is 326 g/mol. The fourth-order valence-electron chi connectivity index (χ4n) is 2.36.